The van der Waals surface area contributed by atoms with E-state index < -0.39 is 7.74 Å². The first-order valence-corrected chi connectivity index (χ1v) is 5.28. The predicted molar refractivity (Wildman–Crippen MR) is 54.3 cm³/mol. The molecule has 0 heterocycles. The van der Waals surface area contributed by atoms with Crippen LogP contribution in [0, 0.1) is 5.16 Å². The molecular formula is C8H14NO4P. The zero-order valence-electron chi connectivity index (χ0n) is 8.01. The highest BCUT2D eigenvalue weighted by Crippen LogP contribution is 2.49. The van der Waals surface area contributed by atoms with Gasteiger partial charge in [0.25, 0.3) is 0 Å². The van der Waals surface area contributed by atoms with Crippen LogP contribution >= 0.6 is 7.74 Å². The average Bonchev–Trinajstić information content (AvgIpc) is 2.18. The van der Waals surface area contributed by atoms with E-state index in [1.165, 1.54) is 19.6 Å². The monoisotopic (exact) mass is 219 g/mol. The van der Waals surface area contributed by atoms with Crippen molar-refractivity contribution < 1.29 is 18.3 Å². The molecule has 0 saturated carbocycles. The van der Waals surface area contributed by atoms with E-state index in [9.17, 15) is 0 Å². The van der Waals surface area contributed by atoms with Crippen LogP contribution in [0.1, 0.15) is 0 Å². The highest BCUT2D eigenvalue weighted by Gasteiger charge is 2.17. The summed E-state index contributed by atoms with van der Waals surface area (Å²) in [6.45, 7) is 6.83. The van der Waals surface area contributed by atoms with Gasteiger partial charge in [-0.15, -0.1) is 0 Å². The molecule has 0 aromatic heterocycles. The smallest absolute Gasteiger partial charge is 0.406 e. The quantitative estimate of drug-likeness (QED) is 0.503. The van der Waals surface area contributed by atoms with Crippen molar-refractivity contribution in [3.8, 4) is 0 Å². The molecule has 0 aliphatic carbocycles. The van der Waals surface area contributed by atoms with E-state index in [1.54, 1.807) is 6.08 Å². The van der Waals surface area contributed by atoms with Crippen LogP contribution in [0.4, 0.5) is 0 Å². The van der Waals surface area contributed by atoms with E-state index in [4.69, 9.17) is 23.5 Å². The van der Waals surface area contributed by atoms with Gasteiger partial charge in [0.1, 0.15) is 0 Å². The van der Waals surface area contributed by atoms with Crippen LogP contribution in [0.2, 0.25) is 0 Å². The van der Waals surface area contributed by atoms with Gasteiger partial charge < -0.3 is 9.26 Å². The number of hydrogen-bond acceptors (Lipinski definition) is 5. The van der Waals surface area contributed by atoms with Gasteiger partial charge in [0.15, 0.2) is 0 Å². The maximum absolute atomic E-state index is 7.53. The summed E-state index contributed by atoms with van der Waals surface area (Å²) in [6.07, 6.45) is 5.35. The molecule has 0 radical (unpaired) electrons. The molecule has 5 nitrogen and oxygen atoms in total. The van der Waals surface area contributed by atoms with Gasteiger partial charge in [-0.3, -0.25) is 9.05 Å². The number of hydrogen-bond donors (Lipinski definition) is 1. The Hall–Kier alpha value is -1.03. The summed E-state index contributed by atoms with van der Waals surface area (Å²) in [6, 6.07) is 0. The highest BCUT2D eigenvalue weighted by molar-refractivity contribution is 7.49. The summed E-state index contributed by atoms with van der Waals surface area (Å²) in [7, 11) is -1.66. The van der Waals surface area contributed by atoms with Crippen molar-refractivity contribution in [3.05, 3.63) is 38.0 Å². The third kappa shape index (κ3) is 5.59. The van der Waals surface area contributed by atoms with Crippen molar-refractivity contribution in [3.63, 3.8) is 0 Å². The van der Waals surface area contributed by atoms with Crippen LogP contribution in [0.3, 0.4) is 0 Å². The Bertz CT molecular complexity index is 252. The maximum atomic E-state index is 7.53. The van der Waals surface area contributed by atoms with Crippen molar-refractivity contribution in [1.29, 1.82) is 5.16 Å². The molecule has 80 valence electrons. The maximum Gasteiger partial charge on any atom is 0.406 e. The Morgan fingerprint density at radius 1 is 1.36 bits per heavy atom. The van der Waals surface area contributed by atoms with Gasteiger partial charge in [0.05, 0.1) is 25.4 Å². The first-order valence-electron chi connectivity index (χ1n) is 3.73. The molecule has 1 unspecified atom stereocenters. The van der Waals surface area contributed by atoms with Gasteiger partial charge >= 0.3 is 7.74 Å². The molecule has 0 amide bonds. The fraction of sp³-hybridized carbons (Fsp3) is 0.250. The lowest BCUT2D eigenvalue weighted by Gasteiger charge is -2.16. The number of nitrogens with one attached hydrogen (secondary N) is 1. The molecule has 6 heteroatoms. The Morgan fingerprint density at radius 3 is 2.57 bits per heavy atom. The standard InChI is InChI=1S/C8H14NO4P/c1-4-11-7-6-8-13-14(9,10-3)12-5-2/h4-7,9H,1-2,8H2,3H3/b7-6+. The fourth-order valence-electron chi connectivity index (χ4n) is 0.516. The molecule has 0 spiro atoms. The normalized spacial score (nSPS) is 14.6. The summed E-state index contributed by atoms with van der Waals surface area (Å²) < 4.78 is 19.3. The summed E-state index contributed by atoms with van der Waals surface area (Å²) in [4.78, 5) is 0. The van der Waals surface area contributed by atoms with E-state index in [0.29, 0.717) is 0 Å². The van der Waals surface area contributed by atoms with E-state index >= 15 is 0 Å². The van der Waals surface area contributed by atoms with Crippen molar-refractivity contribution >= 4 is 7.74 Å². The zero-order valence-corrected chi connectivity index (χ0v) is 8.91. The second-order valence-electron chi connectivity index (χ2n) is 1.92. The third-order valence-electron chi connectivity index (χ3n) is 1.07. The predicted octanol–water partition coefficient (Wildman–Crippen LogP) is 3.01. The Kier molecular flexibility index (Phi) is 6.84. The van der Waals surface area contributed by atoms with Crippen molar-refractivity contribution in [1.82, 2.24) is 0 Å². The molecule has 0 saturated heterocycles. The molecule has 0 aliphatic heterocycles. The SMILES string of the molecule is C=CO/C=C/COP(=N)(OC)OC=C. The van der Waals surface area contributed by atoms with Crippen molar-refractivity contribution in [2.24, 2.45) is 0 Å². The first-order chi connectivity index (χ1) is 6.68. The second-order valence-corrected chi connectivity index (χ2v) is 3.75. The van der Waals surface area contributed by atoms with Crippen LogP contribution in [-0.2, 0) is 18.3 Å². The van der Waals surface area contributed by atoms with Crippen LogP contribution in [0.15, 0.2) is 38.0 Å². The van der Waals surface area contributed by atoms with Crippen LogP contribution in [-0.4, -0.2) is 13.7 Å². The lowest BCUT2D eigenvalue weighted by atomic mass is 10.7. The fourth-order valence-corrected chi connectivity index (χ4v) is 1.25. The summed E-state index contributed by atoms with van der Waals surface area (Å²) in [5.41, 5.74) is 0. The van der Waals surface area contributed by atoms with E-state index in [2.05, 4.69) is 13.2 Å². The van der Waals surface area contributed by atoms with Gasteiger partial charge in [-0.25, -0.2) is 5.16 Å². The lowest BCUT2D eigenvalue weighted by Crippen LogP contribution is -1.93. The molecule has 1 atom stereocenters. The Balaban J connectivity index is 3.89. The van der Waals surface area contributed by atoms with E-state index in [-0.39, 0.29) is 6.61 Å². The van der Waals surface area contributed by atoms with Crippen molar-refractivity contribution in [2.75, 3.05) is 13.7 Å². The second kappa shape index (κ2) is 7.38. The van der Waals surface area contributed by atoms with Gasteiger partial charge in [-0.2, -0.15) is 0 Å². The molecule has 0 aliphatic rings. The van der Waals surface area contributed by atoms with Crippen LogP contribution in [0.5, 0.6) is 0 Å². The largest absolute Gasteiger partial charge is 0.474 e. The topological polar surface area (TPSA) is 60.8 Å². The summed E-state index contributed by atoms with van der Waals surface area (Å²) in [5.74, 6) is 0. The number of rotatable bonds is 8. The minimum Gasteiger partial charge on any atom is -0.474 e. The Labute approximate surface area is 83.7 Å². The molecule has 1 N–H and O–H groups in total. The van der Waals surface area contributed by atoms with Crippen LogP contribution < -0.4 is 0 Å². The first kappa shape index (κ1) is 13.0. The van der Waals surface area contributed by atoms with Crippen molar-refractivity contribution in [2.45, 2.75) is 0 Å². The lowest BCUT2D eigenvalue weighted by molar-refractivity contribution is 0.220. The molecule has 0 fully saturated rings. The van der Waals surface area contributed by atoms with E-state index in [1.807, 2.05) is 0 Å². The molecule has 0 aromatic carbocycles. The highest BCUT2D eigenvalue weighted by atomic mass is 31.2. The molecule has 0 bridgehead atoms. The minimum absolute atomic E-state index is 0.160. The van der Waals surface area contributed by atoms with Gasteiger partial charge in [0, 0.05) is 7.11 Å². The van der Waals surface area contributed by atoms with E-state index in [0.717, 1.165) is 6.26 Å². The summed E-state index contributed by atoms with van der Waals surface area (Å²) in [5, 5.41) is 7.53. The van der Waals surface area contributed by atoms with Crippen LogP contribution in [0.25, 0.3) is 0 Å². The Morgan fingerprint density at radius 2 is 2.07 bits per heavy atom. The molecule has 0 aromatic rings. The average molecular weight is 219 g/mol. The zero-order chi connectivity index (χ0) is 10.9. The van der Waals surface area contributed by atoms with Gasteiger partial charge in [-0.05, 0) is 6.08 Å². The molecular weight excluding hydrogens is 205 g/mol. The molecule has 14 heavy (non-hydrogen) atoms. The molecule has 0 rings (SSSR count). The minimum atomic E-state index is -3.00. The van der Waals surface area contributed by atoms with Gasteiger partial charge in [0.2, 0.25) is 0 Å². The van der Waals surface area contributed by atoms with Gasteiger partial charge in [-0.1, -0.05) is 13.2 Å². The third-order valence-corrected chi connectivity index (χ3v) is 2.46. The summed E-state index contributed by atoms with van der Waals surface area (Å²) >= 11 is 0. The number of ether oxygens (including phenoxy) is 1.